The number of nitrogen functional groups attached to an aromatic ring is 1. The number of hydrogen-bond acceptors (Lipinski definition) is 7. The standard InChI is InChI=1S/C22H24ClN5OS/c1-22(2,3)15-6-8-17(9-7-15)30-28-18-11-16(23)13-26-21(18)20(27-29-4)14-5-10-19(24)25-12-14/h5-13,28H,1-4H3,(H2,24,25)/b27-20-. The van der Waals surface area contributed by atoms with Gasteiger partial charge in [-0.05, 0) is 53.3 Å². The van der Waals surface area contributed by atoms with Gasteiger partial charge in [0.05, 0.1) is 10.7 Å². The number of nitrogens with two attached hydrogens (primary N) is 1. The van der Waals surface area contributed by atoms with Crippen LogP contribution in [0.25, 0.3) is 0 Å². The van der Waals surface area contributed by atoms with Crippen molar-refractivity contribution < 1.29 is 4.84 Å². The van der Waals surface area contributed by atoms with Gasteiger partial charge in [0.25, 0.3) is 0 Å². The van der Waals surface area contributed by atoms with Crippen molar-refractivity contribution in [3.05, 3.63) is 76.7 Å². The molecule has 2 aromatic heterocycles. The van der Waals surface area contributed by atoms with Gasteiger partial charge in [-0.3, -0.25) is 4.98 Å². The number of aromatic nitrogens is 2. The van der Waals surface area contributed by atoms with E-state index in [-0.39, 0.29) is 5.41 Å². The number of rotatable bonds is 6. The highest BCUT2D eigenvalue weighted by Crippen LogP contribution is 2.29. The van der Waals surface area contributed by atoms with E-state index in [4.69, 9.17) is 22.2 Å². The molecular formula is C22H24ClN5OS. The van der Waals surface area contributed by atoms with E-state index in [1.807, 2.05) is 6.07 Å². The lowest BCUT2D eigenvalue weighted by molar-refractivity contribution is 0.214. The highest BCUT2D eigenvalue weighted by Gasteiger charge is 2.17. The van der Waals surface area contributed by atoms with Crippen molar-refractivity contribution in [3.8, 4) is 0 Å². The Morgan fingerprint density at radius 3 is 2.43 bits per heavy atom. The predicted molar refractivity (Wildman–Crippen MR) is 125 cm³/mol. The maximum Gasteiger partial charge on any atom is 0.139 e. The first-order valence-electron chi connectivity index (χ1n) is 9.30. The quantitative estimate of drug-likeness (QED) is 0.297. The van der Waals surface area contributed by atoms with E-state index < -0.39 is 0 Å². The summed E-state index contributed by atoms with van der Waals surface area (Å²) in [6.45, 7) is 6.58. The topological polar surface area (TPSA) is 85.4 Å². The number of nitrogens with zero attached hydrogens (tertiary/aromatic N) is 3. The number of pyridine rings is 2. The third-order valence-electron chi connectivity index (χ3n) is 4.32. The maximum atomic E-state index is 6.21. The van der Waals surface area contributed by atoms with E-state index in [2.05, 4.69) is 64.9 Å². The number of hydrogen-bond donors (Lipinski definition) is 2. The Labute approximate surface area is 186 Å². The fourth-order valence-corrected chi connectivity index (χ4v) is 3.53. The van der Waals surface area contributed by atoms with Crippen molar-refractivity contribution in [1.82, 2.24) is 9.97 Å². The molecule has 0 amide bonds. The van der Waals surface area contributed by atoms with E-state index in [9.17, 15) is 0 Å². The van der Waals surface area contributed by atoms with Crippen molar-refractivity contribution in [2.45, 2.75) is 31.1 Å². The monoisotopic (exact) mass is 441 g/mol. The first-order valence-corrected chi connectivity index (χ1v) is 10.5. The third-order valence-corrected chi connectivity index (χ3v) is 5.36. The third kappa shape index (κ3) is 5.43. The van der Waals surface area contributed by atoms with E-state index in [0.29, 0.717) is 27.9 Å². The van der Waals surface area contributed by atoms with Crippen LogP contribution in [0.4, 0.5) is 11.5 Å². The first kappa shape index (κ1) is 21.9. The van der Waals surface area contributed by atoms with Crippen LogP contribution < -0.4 is 10.5 Å². The summed E-state index contributed by atoms with van der Waals surface area (Å²) >= 11 is 7.68. The van der Waals surface area contributed by atoms with Crippen LogP contribution in [0.1, 0.15) is 37.6 Å². The van der Waals surface area contributed by atoms with Crippen molar-refractivity contribution in [2.75, 3.05) is 17.6 Å². The van der Waals surface area contributed by atoms with Crippen molar-refractivity contribution in [2.24, 2.45) is 5.16 Å². The summed E-state index contributed by atoms with van der Waals surface area (Å²) in [5.41, 5.74) is 9.64. The Kier molecular flexibility index (Phi) is 6.84. The SMILES string of the molecule is CO/N=C(/c1ccc(N)nc1)c1ncc(Cl)cc1NSc1ccc(C(C)(C)C)cc1. The van der Waals surface area contributed by atoms with Crippen LogP contribution in [0, 0.1) is 0 Å². The molecule has 3 aromatic rings. The highest BCUT2D eigenvalue weighted by molar-refractivity contribution is 8.00. The average Bonchev–Trinajstić information content (AvgIpc) is 2.71. The van der Waals surface area contributed by atoms with Crippen LogP contribution in [-0.4, -0.2) is 22.8 Å². The number of benzene rings is 1. The zero-order valence-corrected chi connectivity index (χ0v) is 18.9. The molecule has 3 rings (SSSR count). The molecule has 3 N–H and O–H groups in total. The van der Waals surface area contributed by atoms with E-state index in [1.165, 1.54) is 24.6 Å². The van der Waals surface area contributed by atoms with Crippen molar-refractivity contribution >= 4 is 40.8 Å². The second kappa shape index (κ2) is 9.36. The molecule has 0 unspecified atom stereocenters. The van der Waals surface area contributed by atoms with Gasteiger partial charge in [-0.25, -0.2) is 4.98 Å². The van der Waals surface area contributed by atoms with Crippen LogP contribution in [0.2, 0.25) is 5.02 Å². The molecule has 8 heteroatoms. The molecule has 2 heterocycles. The van der Waals surface area contributed by atoms with Gasteiger partial charge in [0.2, 0.25) is 0 Å². The molecule has 0 spiro atoms. The molecule has 0 radical (unpaired) electrons. The second-order valence-corrected chi connectivity index (χ2v) is 8.94. The lowest BCUT2D eigenvalue weighted by Crippen LogP contribution is -2.11. The molecule has 0 saturated carbocycles. The minimum atomic E-state index is 0.110. The number of anilines is 2. The number of oxime groups is 1. The Morgan fingerprint density at radius 2 is 1.83 bits per heavy atom. The van der Waals surface area contributed by atoms with Gasteiger partial charge in [0.1, 0.15) is 24.3 Å². The van der Waals surface area contributed by atoms with E-state index in [1.54, 1.807) is 24.5 Å². The molecule has 0 fully saturated rings. The summed E-state index contributed by atoms with van der Waals surface area (Å²) in [4.78, 5) is 14.7. The molecular weight excluding hydrogens is 418 g/mol. The van der Waals surface area contributed by atoms with Gasteiger partial charge in [0, 0.05) is 22.9 Å². The largest absolute Gasteiger partial charge is 0.399 e. The predicted octanol–water partition coefficient (Wildman–Crippen LogP) is 5.53. The van der Waals surface area contributed by atoms with Crippen molar-refractivity contribution in [3.63, 3.8) is 0 Å². The Bertz CT molecular complexity index is 1030. The summed E-state index contributed by atoms with van der Waals surface area (Å²) in [6.07, 6.45) is 3.20. The summed E-state index contributed by atoms with van der Waals surface area (Å²) < 4.78 is 3.34. The van der Waals surface area contributed by atoms with Gasteiger partial charge in [0.15, 0.2) is 0 Å². The van der Waals surface area contributed by atoms with E-state index in [0.717, 1.165) is 10.5 Å². The van der Waals surface area contributed by atoms with Gasteiger partial charge < -0.3 is 15.3 Å². The minimum absolute atomic E-state index is 0.110. The molecule has 0 atom stereocenters. The molecule has 1 aromatic carbocycles. The molecule has 0 aliphatic rings. The Balaban J connectivity index is 1.89. The van der Waals surface area contributed by atoms with Crippen LogP contribution in [0.15, 0.2) is 64.9 Å². The van der Waals surface area contributed by atoms with Crippen molar-refractivity contribution in [1.29, 1.82) is 0 Å². The fraction of sp³-hybridized carbons (Fsp3) is 0.227. The second-order valence-electron chi connectivity index (χ2n) is 7.62. The minimum Gasteiger partial charge on any atom is -0.399 e. The van der Waals surface area contributed by atoms with Gasteiger partial charge >= 0.3 is 0 Å². The first-order chi connectivity index (χ1) is 14.3. The Morgan fingerprint density at radius 1 is 1.10 bits per heavy atom. The maximum absolute atomic E-state index is 6.21. The smallest absolute Gasteiger partial charge is 0.139 e. The zero-order valence-electron chi connectivity index (χ0n) is 17.3. The summed E-state index contributed by atoms with van der Waals surface area (Å²) in [7, 11) is 1.49. The summed E-state index contributed by atoms with van der Waals surface area (Å²) in [5.74, 6) is 0.423. The summed E-state index contributed by atoms with van der Waals surface area (Å²) in [6, 6.07) is 13.8. The molecule has 0 bridgehead atoms. The van der Waals surface area contributed by atoms with Crippen LogP contribution in [-0.2, 0) is 10.3 Å². The molecule has 6 nitrogen and oxygen atoms in total. The van der Waals surface area contributed by atoms with Crippen LogP contribution in [0.5, 0.6) is 0 Å². The van der Waals surface area contributed by atoms with Crippen LogP contribution in [0.3, 0.4) is 0 Å². The molecule has 0 aliphatic carbocycles. The fourth-order valence-electron chi connectivity index (χ4n) is 2.71. The van der Waals surface area contributed by atoms with Gasteiger partial charge in [-0.15, -0.1) is 0 Å². The molecule has 30 heavy (non-hydrogen) atoms. The average molecular weight is 442 g/mol. The normalized spacial score (nSPS) is 12.0. The van der Waals surface area contributed by atoms with Gasteiger partial charge in [-0.2, -0.15) is 0 Å². The van der Waals surface area contributed by atoms with Gasteiger partial charge in [-0.1, -0.05) is 49.7 Å². The molecule has 156 valence electrons. The van der Waals surface area contributed by atoms with E-state index >= 15 is 0 Å². The molecule has 0 aliphatic heterocycles. The highest BCUT2D eigenvalue weighted by atomic mass is 35.5. The summed E-state index contributed by atoms with van der Waals surface area (Å²) in [5, 5.41) is 4.67. The number of halogens is 1. The lowest BCUT2D eigenvalue weighted by Gasteiger charge is -2.19. The lowest BCUT2D eigenvalue weighted by atomic mass is 9.87. The Hall–Kier alpha value is -2.77. The molecule has 0 saturated heterocycles. The number of nitrogens with one attached hydrogen (secondary N) is 1. The van der Waals surface area contributed by atoms with Crippen LogP contribution >= 0.6 is 23.5 Å². The zero-order chi connectivity index (χ0) is 21.7.